The first-order valence-electron chi connectivity index (χ1n) is 7.50. The minimum absolute atomic E-state index is 0.241. The van der Waals surface area contributed by atoms with Crippen LogP contribution in [0.3, 0.4) is 0 Å². The van der Waals surface area contributed by atoms with Gasteiger partial charge in [-0.15, -0.1) is 0 Å². The summed E-state index contributed by atoms with van der Waals surface area (Å²) in [5.74, 6) is 2.21. The van der Waals surface area contributed by atoms with Crippen molar-refractivity contribution < 1.29 is 4.79 Å². The van der Waals surface area contributed by atoms with Crippen LogP contribution in [0, 0.1) is 11.8 Å². The number of nitrogens with zero attached hydrogens (tertiary/aromatic N) is 2. The molecule has 1 heterocycles. The summed E-state index contributed by atoms with van der Waals surface area (Å²) in [4.78, 5) is 16.4. The molecule has 3 rings (SSSR count). The number of rotatable bonds is 3. The molecule has 4 nitrogen and oxygen atoms in total. The van der Waals surface area contributed by atoms with Gasteiger partial charge in [-0.1, -0.05) is 6.42 Å². The van der Waals surface area contributed by atoms with Gasteiger partial charge in [-0.3, -0.25) is 9.69 Å². The average molecular weight is 251 g/mol. The maximum atomic E-state index is 11.8. The van der Waals surface area contributed by atoms with E-state index in [-0.39, 0.29) is 5.91 Å². The van der Waals surface area contributed by atoms with Gasteiger partial charge in [0.25, 0.3) is 0 Å². The second-order valence-electron chi connectivity index (χ2n) is 6.20. The van der Waals surface area contributed by atoms with E-state index < -0.39 is 0 Å². The number of piperazine rings is 1. The Labute approximate surface area is 109 Å². The lowest BCUT2D eigenvalue weighted by molar-refractivity contribution is -0.133. The molecule has 0 aromatic carbocycles. The van der Waals surface area contributed by atoms with E-state index in [1.807, 2.05) is 4.90 Å². The quantitative estimate of drug-likeness (QED) is 0.802. The van der Waals surface area contributed by atoms with E-state index in [1.165, 1.54) is 25.7 Å². The zero-order valence-electron chi connectivity index (χ0n) is 11.2. The van der Waals surface area contributed by atoms with Crippen molar-refractivity contribution in [2.24, 2.45) is 17.6 Å². The van der Waals surface area contributed by atoms with Gasteiger partial charge in [-0.25, -0.2) is 0 Å². The minimum Gasteiger partial charge on any atom is -0.340 e. The first-order valence-corrected chi connectivity index (χ1v) is 7.50. The highest BCUT2D eigenvalue weighted by Gasteiger charge is 2.42. The Balaban J connectivity index is 1.50. The molecule has 4 heteroatoms. The third-order valence-electron chi connectivity index (χ3n) is 5.19. The zero-order valence-corrected chi connectivity index (χ0v) is 11.2. The highest BCUT2D eigenvalue weighted by Crippen LogP contribution is 2.46. The Morgan fingerprint density at radius 2 is 1.89 bits per heavy atom. The second kappa shape index (κ2) is 5.17. The molecule has 2 bridgehead atoms. The van der Waals surface area contributed by atoms with E-state index in [0.29, 0.717) is 13.0 Å². The van der Waals surface area contributed by atoms with Crippen LogP contribution in [0.15, 0.2) is 0 Å². The van der Waals surface area contributed by atoms with Gasteiger partial charge in [-0.05, 0) is 31.1 Å². The van der Waals surface area contributed by atoms with E-state index in [4.69, 9.17) is 5.73 Å². The third kappa shape index (κ3) is 2.28. The molecule has 0 spiro atoms. The lowest BCUT2D eigenvalue weighted by atomic mass is 9.93. The monoisotopic (exact) mass is 251 g/mol. The molecule has 3 fully saturated rings. The minimum atomic E-state index is 0.241. The summed E-state index contributed by atoms with van der Waals surface area (Å²) < 4.78 is 0. The number of carbonyl (C=O) groups excluding carboxylic acids is 1. The number of amides is 1. The second-order valence-corrected chi connectivity index (χ2v) is 6.20. The smallest absolute Gasteiger partial charge is 0.223 e. The van der Waals surface area contributed by atoms with Crippen molar-refractivity contribution in [3.63, 3.8) is 0 Å². The largest absolute Gasteiger partial charge is 0.340 e. The van der Waals surface area contributed by atoms with Crippen LogP contribution >= 0.6 is 0 Å². The lowest BCUT2D eigenvalue weighted by Crippen LogP contribution is -2.53. The van der Waals surface area contributed by atoms with Gasteiger partial charge in [0, 0.05) is 45.2 Å². The molecule has 3 atom stereocenters. The summed E-state index contributed by atoms with van der Waals surface area (Å²) in [7, 11) is 0. The number of carbonyl (C=O) groups is 1. The fourth-order valence-electron chi connectivity index (χ4n) is 4.24. The van der Waals surface area contributed by atoms with Crippen LogP contribution in [0.5, 0.6) is 0 Å². The van der Waals surface area contributed by atoms with Crippen LogP contribution < -0.4 is 5.73 Å². The van der Waals surface area contributed by atoms with Crippen LogP contribution in [-0.4, -0.2) is 54.5 Å². The molecule has 3 aliphatic rings. The molecule has 1 aliphatic heterocycles. The summed E-state index contributed by atoms with van der Waals surface area (Å²) >= 11 is 0. The Bertz CT molecular complexity index is 312. The molecule has 2 saturated carbocycles. The lowest BCUT2D eigenvalue weighted by Gasteiger charge is -2.41. The molecule has 1 amide bonds. The van der Waals surface area contributed by atoms with Crippen molar-refractivity contribution in [1.82, 2.24) is 9.80 Å². The van der Waals surface area contributed by atoms with E-state index in [0.717, 1.165) is 44.1 Å². The Morgan fingerprint density at radius 3 is 2.44 bits per heavy atom. The van der Waals surface area contributed by atoms with Gasteiger partial charge >= 0.3 is 0 Å². The van der Waals surface area contributed by atoms with Gasteiger partial charge in [0.15, 0.2) is 0 Å². The molecule has 102 valence electrons. The van der Waals surface area contributed by atoms with Crippen LogP contribution in [0.4, 0.5) is 0 Å². The van der Waals surface area contributed by atoms with Gasteiger partial charge < -0.3 is 10.6 Å². The van der Waals surface area contributed by atoms with E-state index in [2.05, 4.69) is 4.90 Å². The van der Waals surface area contributed by atoms with Gasteiger partial charge in [0.05, 0.1) is 0 Å². The third-order valence-corrected chi connectivity index (χ3v) is 5.19. The standard InChI is InChI=1S/C14H25N3O/c15-4-3-14(18)17-7-5-16(6-8-17)13-10-11-1-2-12(13)9-11/h11-13H,1-10,15H2. The SMILES string of the molecule is NCCC(=O)N1CCN(C2CC3CCC2C3)CC1. The average Bonchev–Trinajstić information content (AvgIpc) is 3.01. The van der Waals surface area contributed by atoms with E-state index in [1.54, 1.807) is 0 Å². The van der Waals surface area contributed by atoms with Crippen LogP contribution in [-0.2, 0) is 4.79 Å². The highest BCUT2D eigenvalue weighted by molar-refractivity contribution is 5.76. The fraction of sp³-hybridized carbons (Fsp3) is 0.929. The maximum Gasteiger partial charge on any atom is 0.223 e. The van der Waals surface area contributed by atoms with Crippen LogP contribution in [0.2, 0.25) is 0 Å². The van der Waals surface area contributed by atoms with Crippen molar-refractivity contribution >= 4 is 5.91 Å². The Hall–Kier alpha value is -0.610. The van der Waals surface area contributed by atoms with Gasteiger partial charge in [-0.2, -0.15) is 0 Å². The summed E-state index contributed by atoms with van der Waals surface area (Å²) in [6, 6.07) is 0.829. The normalized spacial score (nSPS) is 36.3. The molecule has 18 heavy (non-hydrogen) atoms. The number of hydrogen-bond donors (Lipinski definition) is 1. The molecule has 0 aromatic rings. The first-order chi connectivity index (χ1) is 8.78. The summed E-state index contributed by atoms with van der Waals surface area (Å²) in [5, 5.41) is 0. The summed E-state index contributed by atoms with van der Waals surface area (Å²) in [6.45, 7) is 4.44. The van der Waals surface area contributed by atoms with Crippen LogP contribution in [0.25, 0.3) is 0 Å². The van der Waals surface area contributed by atoms with Crippen molar-refractivity contribution in [2.45, 2.75) is 38.1 Å². The molecule has 1 saturated heterocycles. The molecule has 0 radical (unpaired) electrons. The fourth-order valence-corrected chi connectivity index (χ4v) is 4.24. The molecule has 2 N–H and O–H groups in total. The first kappa shape index (κ1) is 12.4. The molecule has 3 unspecified atom stereocenters. The summed E-state index contributed by atoms with van der Waals surface area (Å²) in [5.41, 5.74) is 5.45. The van der Waals surface area contributed by atoms with E-state index >= 15 is 0 Å². The van der Waals surface area contributed by atoms with Crippen LogP contribution in [0.1, 0.15) is 32.1 Å². The van der Waals surface area contributed by atoms with Crippen molar-refractivity contribution in [1.29, 1.82) is 0 Å². The maximum absolute atomic E-state index is 11.8. The van der Waals surface area contributed by atoms with Crippen molar-refractivity contribution in [3.8, 4) is 0 Å². The number of fused-ring (bicyclic) bond motifs is 2. The molecular weight excluding hydrogens is 226 g/mol. The number of nitrogens with two attached hydrogens (primary N) is 1. The van der Waals surface area contributed by atoms with Crippen molar-refractivity contribution in [3.05, 3.63) is 0 Å². The summed E-state index contributed by atoms with van der Waals surface area (Å²) in [6.07, 6.45) is 6.31. The van der Waals surface area contributed by atoms with Gasteiger partial charge in [0.1, 0.15) is 0 Å². The molecule has 2 aliphatic carbocycles. The van der Waals surface area contributed by atoms with E-state index in [9.17, 15) is 4.79 Å². The predicted molar refractivity (Wildman–Crippen MR) is 71.1 cm³/mol. The Kier molecular flexibility index (Phi) is 3.57. The Morgan fingerprint density at radius 1 is 1.11 bits per heavy atom. The van der Waals surface area contributed by atoms with Crippen molar-refractivity contribution in [2.75, 3.05) is 32.7 Å². The topological polar surface area (TPSA) is 49.6 Å². The highest BCUT2D eigenvalue weighted by atomic mass is 16.2. The number of hydrogen-bond acceptors (Lipinski definition) is 3. The molecular formula is C14H25N3O. The molecule has 0 aromatic heterocycles. The zero-order chi connectivity index (χ0) is 12.5. The predicted octanol–water partition coefficient (Wildman–Crippen LogP) is 0.668. The van der Waals surface area contributed by atoms with Gasteiger partial charge in [0.2, 0.25) is 5.91 Å².